The summed E-state index contributed by atoms with van der Waals surface area (Å²) in [7, 11) is 0. The first-order chi connectivity index (χ1) is 10.2. The molecule has 6 heteroatoms. The first-order valence-corrected chi connectivity index (χ1v) is 7.36. The molecule has 1 saturated heterocycles. The molecule has 5 nitrogen and oxygen atoms in total. The Balaban J connectivity index is 2.00. The van der Waals surface area contributed by atoms with Crippen molar-refractivity contribution in [2.24, 2.45) is 0 Å². The van der Waals surface area contributed by atoms with E-state index in [4.69, 9.17) is 12.2 Å². The summed E-state index contributed by atoms with van der Waals surface area (Å²) in [6.45, 7) is 2.58. The van der Waals surface area contributed by atoms with Crippen molar-refractivity contribution in [3.05, 3.63) is 53.6 Å². The Morgan fingerprint density at radius 2 is 2.19 bits per heavy atom. The van der Waals surface area contributed by atoms with Crippen molar-refractivity contribution < 1.29 is 5.11 Å². The highest BCUT2D eigenvalue weighted by atomic mass is 32.1. The molecule has 0 amide bonds. The molecule has 0 saturated carbocycles. The van der Waals surface area contributed by atoms with Gasteiger partial charge in [0.05, 0.1) is 24.4 Å². The highest BCUT2D eigenvalue weighted by Gasteiger charge is 2.39. The van der Waals surface area contributed by atoms with Crippen LogP contribution in [0, 0.1) is 6.92 Å². The summed E-state index contributed by atoms with van der Waals surface area (Å²) in [5.41, 5.74) is 3.12. The number of thiocarbonyl (C=S) groups is 1. The van der Waals surface area contributed by atoms with Gasteiger partial charge in [0.1, 0.15) is 0 Å². The number of aromatic amines is 1. The van der Waals surface area contributed by atoms with Crippen LogP contribution >= 0.6 is 12.2 Å². The quantitative estimate of drug-likeness (QED) is 0.750. The van der Waals surface area contributed by atoms with Gasteiger partial charge < -0.3 is 20.3 Å². The third-order valence-corrected chi connectivity index (χ3v) is 4.06. The van der Waals surface area contributed by atoms with Crippen LogP contribution in [0.5, 0.6) is 0 Å². The van der Waals surface area contributed by atoms with E-state index in [1.807, 2.05) is 36.1 Å². The third-order valence-electron chi connectivity index (χ3n) is 3.71. The van der Waals surface area contributed by atoms with Crippen molar-refractivity contribution in [2.75, 3.05) is 13.2 Å². The van der Waals surface area contributed by atoms with E-state index >= 15 is 0 Å². The normalized spacial score (nSPS) is 21.6. The van der Waals surface area contributed by atoms with E-state index < -0.39 is 0 Å². The fraction of sp³-hybridized carbons (Fsp3) is 0.333. The highest BCUT2D eigenvalue weighted by molar-refractivity contribution is 7.80. The molecule has 1 aliphatic heterocycles. The van der Waals surface area contributed by atoms with Gasteiger partial charge in [0.15, 0.2) is 5.11 Å². The average Bonchev–Trinajstić information content (AvgIpc) is 3.05. The molecule has 1 fully saturated rings. The molecular formula is C15H18N4OS. The van der Waals surface area contributed by atoms with Crippen LogP contribution in [0.2, 0.25) is 0 Å². The Bertz CT molecular complexity index is 628. The number of rotatable bonds is 4. The summed E-state index contributed by atoms with van der Waals surface area (Å²) in [5.74, 6) is 0. The SMILES string of the molecule is Cc1ccc([C@@H]2[C@H](c3ccccn3)NC(=S)N2CCO)[nH]1. The lowest BCUT2D eigenvalue weighted by Gasteiger charge is -2.26. The van der Waals surface area contributed by atoms with Crippen molar-refractivity contribution in [3.63, 3.8) is 0 Å². The Labute approximate surface area is 129 Å². The second-order valence-electron chi connectivity index (χ2n) is 5.14. The largest absolute Gasteiger partial charge is 0.395 e. The Morgan fingerprint density at radius 3 is 2.81 bits per heavy atom. The van der Waals surface area contributed by atoms with Crippen molar-refractivity contribution in [1.82, 2.24) is 20.2 Å². The van der Waals surface area contributed by atoms with Crippen LogP contribution in [0.1, 0.15) is 29.2 Å². The monoisotopic (exact) mass is 302 g/mol. The minimum atomic E-state index is -0.0247. The van der Waals surface area contributed by atoms with Gasteiger partial charge in [0.25, 0.3) is 0 Å². The molecular weight excluding hydrogens is 284 g/mol. The van der Waals surface area contributed by atoms with Crippen LogP contribution < -0.4 is 5.32 Å². The topological polar surface area (TPSA) is 64.2 Å². The molecule has 3 rings (SSSR count). The molecule has 21 heavy (non-hydrogen) atoms. The lowest BCUT2D eigenvalue weighted by molar-refractivity contribution is 0.221. The van der Waals surface area contributed by atoms with Crippen LogP contribution in [0.3, 0.4) is 0 Å². The second-order valence-corrected chi connectivity index (χ2v) is 5.53. The average molecular weight is 302 g/mol. The van der Waals surface area contributed by atoms with Crippen LogP contribution in [-0.2, 0) is 0 Å². The molecule has 2 aromatic rings. The van der Waals surface area contributed by atoms with Crippen molar-refractivity contribution in [2.45, 2.75) is 19.0 Å². The minimum Gasteiger partial charge on any atom is -0.395 e. The van der Waals surface area contributed by atoms with Gasteiger partial charge in [-0.2, -0.15) is 0 Å². The van der Waals surface area contributed by atoms with Crippen LogP contribution in [0.15, 0.2) is 36.5 Å². The lowest BCUT2D eigenvalue weighted by Crippen LogP contribution is -2.32. The van der Waals surface area contributed by atoms with E-state index in [9.17, 15) is 5.11 Å². The number of aryl methyl sites for hydroxylation is 1. The number of aliphatic hydroxyl groups is 1. The number of aliphatic hydroxyl groups excluding tert-OH is 1. The number of hydrogen-bond donors (Lipinski definition) is 3. The Morgan fingerprint density at radius 1 is 1.33 bits per heavy atom. The van der Waals surface area contributed by atoms with Gasteiger partial charge in [0, 0.05) is 24.1 Å². The summed E-state index contributed by atoms with van der Waals surface area (Å²) in [4.78, 5) is 9.84. The molecule has 0 unspecified atom stereocenters. The smallest absolute Gasteiger partial charge is 0.170 e. The van der Waals surface area contributed by atoms with Crippen LogP contribution in [0.25, 0.3) is 0 Å². The first-order valence-electron chi connectivity index (χ1n) is 6.95. The summed E-state index contributed by atoms with van der Waals surface area (Å²) in [6.07, 6.45) is 1.78. The zero-order valence-electron chi connectivity index (χ0n) is 11.8. The van der Waals surface area contributed by atoms with Gasteiger partial charge in [-0.1, -0.05) is 6.07 Å². The number of pyridine rings is 1. The number of nitrogens with zero attached hydrogens (tertiary/aromatic N) is 2. The van der Waals surface area contributed by atoms with E-state index in [1.54, 1.807) is 6.20 Å². The maximum atomic E-state index is 9.32. The predicted molar refractivity (Wildman–Crippen MR) is 84.8 cm³/mol. The Hall–Kier alpha value is -1.92. The van der Waals surface area contributed by atoms with Gasteiger partial charge in [-0.05, 0) is 43.4 Å². The molecule has 2 aromatic heterocycles. The van der Waals surface area contributed by atoms with E-state index in [1.165, 1.54) is 0 Å². The van der Waals surface area contributed by atoms with Crippen molar-refractivity contribution in [3.8, 4) is 0 Å². The van der Waals surface area contributed by atoms with E-state index in [2.05, 4.69) is 21.4 Å². The summed E-state index contributed by atoms with van der Waals surface area (Å²) < 4.78 is 0. The molecule has 1 aliphatic rings. The van der Waals surface area contributed by atoms with Gasteiger partial charge in [-0.3, -0.25) is 4.98 Å². The lowest BCUT2D eigenvalue weighted by atomic mass is 10.0. The minimum absolute atomic E-state index is 0.00764. The number of nitrogens with one attached hydrogen (secondary N) is 2. The fourth-order valence-corrected chi connectivity index (χ4v) is 3.12. The van der Waals surface area contributed by atoms with Crippen LogP contribution in [0.4, 0.5) is 0 Å². The number of H-pyrrole nitrogens is 1. The molecule has 3 N–H and O–H groups in total. The number of hydrogen-bond acceptors (Lipinski definition) is 3. The highest BCUT2D eigenvalue weighted by Crippen LogP contribution is 2.37. The molecule has 2 atom stereocenters. The molecule has 0 aromatic carbocycles. The third kappa shape index (κ3) is 2.64. The molecule has 0 radical (unpaired) electrons. The summed E-state index contributed by atoms with van der Waals surface area (Å²) in [6, 6.07) is 9.95. The second kappa shape index (κ2) is 5.83. The zero-order chi connectivity index (χ0) is 14.8. The molecule has 0 aliphatic carbocycles. The van der Waals surface area contributed by atoms with Crippen molar-refractivity contribution in [1.29, 1.82) is 0 Å². The first kappa shape index (κ1) is 14.0. The standard InChI is InChI=1S/C15H18N4OS/c1-10-5-6-12(17-10)14-13(11-4-2-3-7-16-11)18-15(21)19(14)8-9-20/h2-7,13-14,17,20H,8-9H2,1H3,(H,18,21)/t13-,14+/m0/s1. The summed E-state index contributed by atoms with van der Waals surface area (Å²) >= 11 is 5.43. The maximum Gasteiger partial charge on any atom is 0.170 e. The van der Waals surface area contributed by atoms with E-state index in [0.717, 1.165) is 17.1 Å². The Kier molecular flexibility index (Phi) is 3.90. The van der Waals surface area contributed by atoms with Gasteiger partial charge in [0.2, 0.25) is 0 Å². The predicted octanol–water partition coefficient (Wildman–Crippen LogP) is 1.68. The molecule has 0 spiro atoms. The van der Waals surface area contributed by atoms with Gasteiger partial charge >= 0.3 is 0 Å². The molecule has 3 heterocycles. The number of aromatic nitrogens is 2. The zero-order valence-corrected chi connectivity index (χ0v) is 12.6. The van der Waals surface area contributed by atoms with E-state index in [-0.39, 0.29) is 18.7 Å². The van der Waals surface area contributed by atoms with E-state index in [0.29, 0.717) is 11.7 Å². The maximum absolute atomic E-state index is 9.32. The molecule has 0 bridgehead atoms. The number of β-amino-alcohol motifs (C(OH)–C–C–N with tert-alkyl or cyclic N) is 1. The van der Waals surface area contributed by atoms with Crippen LogP contribution in [-0.4, -0.2) is 38.2 Å². The van der Waals surface area contributed by atoms with Gasteiger partial charge in [-0.25, -0.2) is 0 Å². The molecule has 110 valence electrons. The fourth-order valence-electron chi connectivity index (χ4n) is 2.79. The summed E-state index contributed by atoms with van der Waals surface area (Å²) in [5, 5.41) is 13.3. The van der Waals surface area contributed by atoms with Crippen molar-refractivity contribution >= 4 is 17.3 Å². The van der Waals surface area contributed by atoms with Gasteiger partial charge in [-0.15, -0.1) is 0 Å².